The molecule has 2 nitrogen and oxygen atoms in total. The minimum Gasteiger partial charge on any atom is -0.496 e. The number of hydrogen-bond acceptors (Lipinski definition) is 2. The lowest BCUT2D eigenvalue weighted by atomic mass is 10.1. The van der Waals surface area contributed by atoms with Crippen molar-refractivity contribution in [3.63, 3.8) is 0 Å². The van der Waals surface area contributed by atoms with E-state index in [4.69, 9.17) is 16.3 Å². The number of para-hydroxylation sites is 1. The highest BCUT2D eigenvalue weighted by Gasteiger charge is 2.07. The number of rotatable bonds is 4. The summed E-state index contributed by atoms with van der Waals surface area (Å²) < 4.78 is 5.32. The fourth-order valence-corrected chi connectivity index (χ4v) is 2.09. The van der Waals surface area contributed by atoms with Gasteiger partial charge in [0.25, 0.3) is 0 Å². The van der Waals surface area contributed by atoms with Gasteiger partial charge in [-0.2, -0.15) is 0 Å². The van der Waals surface area contributed by atoms with Crippen LogP contribution in [0.2, 0.25) is 5.02 Å². The van der Waals surface area contributed by atoms with Crippen LogP contribution >= 0.6 is 11.6 Å². The summed E-state index contributed by atoms with van der Waals surface area (Å²) >= 11 is 6.19. The van der Waals surface area contributed by atoms with Gasteiger partial charge >= 0.3 is 0 Å². The van der Waals surface area contributed by atoms with E-state index in [2.05, 4.69) is 24.4 Å². The summed E-state index contributed by atoms with van der Waals surface area (Å²) in [4.78, 5) is 0. The Labute approximate surface area is 113 Å². The van der Waals surface area contributed by atoms with Crippen molar-refractivity contribution in [3.8, 4) is 5.75 Å². The van der Waals surface area contributed by atoms with Gasteiger partial charge in [0.15, 0.2) is 0 Å². The SMILES string of the molecule is COc1cccc(Cl)c1CNc1ccccc1C. The largest absolute Gasteiger partial charge is 0.496 e. The van der Waals surface area contributed by atoms with E-state index in [0.29, 0.717) is 6.54 Å². The highest BCUT2D eigenvalue weighted by atomic mass is 35.5. The van der Waals surface area contributed by atoms with Crippen molar-refractivity contribution in [1.29, 1.82) is 0 Å². The molecule has 0 aromatic heterocycles. The van der Waals surface area contributed by atoms with Crippen LogP contribution in [0.1, 0.15) is 11.1 Å². The average Bonchev–Trinajstić information content (AvgIpc) is 2.39. The van der Waals surface area contributed by atoms with E-state index in [9.17, 15) is 0 Å². The van der Waals surface area contributed by atoms with Crippen LogP contribution in [0, 0.1) is 6.92 Å². The van der Waals surface area contributed by atoms with Crippen molar-refractivity contribution in [3.05, 3.63) is 58.6 Å². The summed E-state index contributed by atoms with van der Waals surface area (Å²) in [6, 6.07) is 13.8. The second-order valence-corrected chi connectivity index (χ2v) is 4.50. The molecular formula is C15H16ClNO. The van der Waals surface area contributed by atoms with E-state index in [-0.39, 0.29) is 0 Å². The third kappa shape index (κ3) is 2.77. The van der Waals surface area contributed by atoms with Crippen LogP contribution in [0.3, 0.4) is 0 Å². The quantitative estimate of drug-likeness (QED) is 0.888. The zero-order valence-corrected chi connectivity index (χ0v) is 11.3. The maximum absolute atomic E-state index is 6.19. The molecule has 0 saturated carbocycles. The van der Waals surface area contributed by atoms with Gasteiger partial charge in [-0.25, -0.2) is 0 Å². The number of hydrogen-bond donors (Lipinski definition) is 1. The standard InChI is InChI=1S/C15H16ClNO/c1-11-6-3-4-8-14(11)17-10-12-13(16)7-5-9-15(12)18-2/h3-9,17H,10H2,1-2H3. The number of methoxy groups -OCH3 is 1. The molecule has 2 aromatic carbocycles. The smallest absolute Gasteiger partial charge is 0.125 e. The molecule has 1 N–H and O–H groups in total. The van der Waals surface area contributed by atoms with E-state index in [1.165, 1.54) is 5.56 Å². The lowest BCUT2D eigenvalue weighted by Crippen LogP contribution is -2.03. The first-order chi connectivity index (χ1) is 8.72. The monoisotopic (exact) mass is 261 g/mol. The Balaban J connectivity index is 2.18. The molecule has 0 saturated heterocycles. The first-order valence-corrected chi connectivity index (χ1v) is 6.21. The van der Waals surface area contributed by atoms with Gasteiger partial charge < -0.3 is 10.1 Å². The number of nitrogens with one attached hydrogen (secondary N) is 1. The van der Waals surface area contributed by atoms with Crippen LogP contribution in [-0.4, -0.2) is 7.11 Å². The lowest BCUT2D eigenvalue weighted by Gasteiger charge is -2.13. The van der Waals surface area contributed by atoms with Crippen molar-refractivity contribution in [2.24, 2.45) is 0 Å². The predicted molar refractivity (Wildman–Crippen MR) is 76.5 cm³/mol. The number of anilines is 1. The molecule has 0 atom stereocenters. The van der Waals surface area contributed by atoms with Gasteiger partial charge in [0.1, 0.15) is 5.75 Å². The molecule has 3 heteroatoms. The second-order valence-electron chi connectivity index (χ2n) is 4.09. The normalized spacial score (nSPS) is 10.2. The summed E-state index contributed by atoms with van der Waals surface area (Å²) in [6.45, 7) is 2.72. The third-order valence-corrected chi connectivity index (χ3v) is 3.25. The van der Waals surface area contributed by atoms with E-state index in [0.717, 1.165) is 22.0 Å². The Morgan fingerprint density at radius 3 is 2.61 bits per heavy atom. The first kappa shape index (κ1) is 12.8. The van der Waals surface area contributed by atoms with Crippen molar-refractivity contribution < 1.29 is 4.74 Å². The first-order valence-electron chi connectivity index (χ1n) is 5.83. The molecule has 0 spiro atoms. The molecule has 0 aliphatic carbocycles. The Hall–Kier alpha value is -1.67. The molecule has 94 valence electrons. The van der Waals surface area contributed by atoms with Crippen LogP contribution in [0.25, 0.3) is 0 Å². The van der Waals surface area contributed by atoms with Gasteiger partial charge in [0, 0.05) is 22.8 Å². The summed E-state index contributed by atoms with van der Waals surface area (Å²) in [5.74, 6) is 0.809. The van der Waals surface area contributed by atoms with Crippen molar-refractivity contribution >= 4 is 17.3 Å². The Bertz CT molecular complexity index is 540. The maximum atomic E-state index is 6.19. The predicted octanol–water partition coefficient (Wildman–Crippen LogP) is 4.27. The van der Waals surface area contributed by atoms with Gasteiger partial charge in [-0.15, -0.1) is 0 Å². The minimum atomic E-state index is 0.647. The summed E-state index contributed by atoms with van der Waals surface area (Å²) in [6.07, 6.45) is 0. The molecule has 2 rings (SSSR count). The van der Waals surface area contributed by atoms with Crippen molar-refractivity contribution in [2.45, 2.75) is 13.5 Å². The Morgan fingerprint density at radius 2 is 1.89 bits per heavy atom. The van der Waals surface area contributed by atoms with E-state index in [1.54, 1.807) is 7.11 Å². The van der Waals surface area contributed by atoms with E-state index < -0.39 is 0 Å². The fraction of sp³-hybridized carbons (Fsp3) is 0.200. The number of benzene rings is 2. The van der Waals surface area contributed by atoms with E-state index >= 15 is 0 Å². The zero-order valence-electron chi connectivity index (χ0n) is 10.5. The summed E-state index contributed by atoms with van der Waals surface area (Å²) in [5.41, 5.74) is 3.30. The van der Waals surface area contributed by atoms with Crippen LogP contribution in [0.15, 0.2) is 42.5 Å². The maximum Gasteiger partial charge on any atom is 0.125 e. The molecule has 18 heavy (non-hydrogen) atoms. The van der Waals surface area contributed by atoms with Crippen molar-refractivity contribution in [2.75, 3.05) is 12.4 Å². The topological polar surface area (TPSA) is 21.3 Å². The summed E-state index contributed by atoms with van der Waals surface area (Å²) in [5, 5.41) is 4.10. The van der Waals surface area contributed by atoms with Gasteiger partial charge in [0.2, 0.25) is 0 Å². The molecule has 0 aliphatic rings. The molecular weight excluding hydrogens is 246 g/mol. The molecule has 0 aliphatic heterocycles. The molecule has 0 amide bonds. The molecule has 0 radical (unpaired) electrons. The second kappa shape index (κ2) is 5.78. The molecule has 0 heterocycles. The number of ether oxygens (including phenoxy) is 1. The van der Waals surface area contributed by atoms with Gasteiger partial charge in [-0.3, -0.25) is 0 Å². The van der Waals surface area contributed by atoms with Gasteiger partial charge in [0.05, 0.1) is 7.11 Å². The number of aryl methyl sites for hydroxylation is 1. The van der Waals surface area contributed by atoms with E-state index in [1.807, 2.05) is 30.3 Å². The molecule has 0 unspecified atom stereocenters. The zero-order chi connectivity index (χ0) is 13.0. The molecule has 2 aromatic rings. The lowest BCUT2D eigenvalue weighted by molar-refractivity contribution is 0.410. The van der Waals surface area contributed by atoms with Crippen molar-refractivity contribution in [1.82, 2.24) is 0 Å². The van der Waals surface area contributed by atoms with Gasteiger partial charge in [-0.05, 0) is 30.7 Å². The average molecular weight is 262 g/mol. The number of halogens is 1. The summed E-state index contributed by atoms with van der Waals surface area (Å²) in [7, 11) is 1.66. The van der Waals surface area contributed by atoms with Crippen LogP contribution in [0.5, 0.6) is 5.75 Å². The van der Waals surface area contributed by atoms with Gasteiger partial charge in [-0.1, -0.05) is 35.9 Å². The molecule has 0 bridgehead atoms. The minimum absolute atomic E-state index is 0.647. The third-order valence-electron chi connectivity index (χ3n) is 2.90. The Morgan fingerprint density at radius 1 is 1.11 bits per heavy atom. The van der Waals surface area contributed by atoms with Crippen LogP contribution in [-0.2, 0) is 6.54 Å². The molecule has 0 fully saturated rings. The highest BCUT2D eigenvalue weighted by molar-refractivity contribution is 6.31. The van der Waals surface area contributed by atoms with Crippen LogP contribution < -0.4 is 10.1 Å². The Kier molecular flexibility index (Phi) is 4.11. The fourth-order valence-electron chi connectivity index (χ4n) is 1.86. The van der Waals surface area contributed by atoms with Crippen LogP contribution in [0.4, 0.5) is 5.69 Å². The highest BCUT2D eigenvalue weighted by Crippen LogP contribution is 2.27.